The van der Waals surface area contributed by atoms with E-state index in [0.717, 1.165) is 22.4 Å². The number of halogens is 1. The molecule has 0 aromatic carbocycles. The van der Waals surface area contributed by atoms with Gasteiger partial charge in [-0.2, -0.15) is 10.1 Å². The van der Waals surface area contributed by atoms with E-state index < -0.39 is 6.17 Å². The molecule has 4 aromatic rings. The fraction of sp³-hybridized carbons (Fsp3) is 0.300. The first kappa shape index (κ1) is 17.6. The molecule has 0 aliphatic heterocycles. The van der Waals surface area contributed by atoms with Gasteiger partial charge >= 0.3 is 0 Å². The number of aromatic nitrogens is 6. The second-order valence-corrected chi connectivity index (χ2v) is 7.47. The lowest BCUT2D eigenvalue weighted by Gasteiger charge is -2.24. The Balaban J connectivity index is 1.39. The number of nitrogen functional groups attached to an aromatic ring is 1. The standard InChI is InChI=1S/C20H21FN8/c1-10(14-3-4-15-16(25-14)5-6-23-15)29(2)20-24-9-12(19(22)26-20)18-8-17(27-28-18)11-7-13(11)21/h3-6,8-11,13,23H,7H2,1-2H3,(H,27,28)(H2,22,24,26)/t10-,11-,13+/m0/s1. The number of aromatic amines is 2. The largest absolute Gasteiger partial charge is 0.383 e. The van der Waals surface area contributed by atoms with E-state index in [4.69, 9.17) is 10.7 Å². The van der Waals surface area contributed by atoms with E-state index in [9.17, 15) is 4.39 Å². The van der Waals surface area contributed by atoms with Crippen LogP contribution >= 0.6 is 0 Å². The highest BCUT2D eigenvalue weighted by atomic mass is 19.1. The van der Waals surface area contributed by atoms with Crippen LogP contribution in [0.25, 0.3) is 22.3 Å². The lowest BCUT2D eigenvalue weighted by atomic mass is 10.2. The number of nitrogens with one attached hydrogen (secondary N) is 2. The molecule has 0 unspecified atom stereocenters. The Hall–Kier alpha value is -3.49. The molecule has 1 aliphatic rings. The minimum atomic E-state index is -0.784. The van der Waals surface area contributed by atoms with Gasteiger partial charge in [0, 0.05) is 31.1 Å². The average molecular weight is 392 g/mol. The van der Waals surface area contributed by atoms with E-state index in [1.807, 2.05) is 49.3 Å². The average Bonchev–Trinajstić information content (AvgIpc) is 3.13. The lowest BCUT2D eigenvalue weighted by Crippen LogP contribution is -2.24. The van der Waals surface area contributed by atoms with E-state index in [1.165, 1.54) is 0 Å². The number of H-pyrrole nitrogens is 2. The minimum absolute atomic E-state index is 0.0482. The summed E-state index contributed by atoms with van der Waals surface area (Å²) in [5.41, 5.74) is 11.1. The predicted molar refractivity (Wildman–Crippen MR) is 109 cm³/mol. The third-order valence-electron chi connectivity index (χ3n) is 5.54. The molecule has 0 amide bonds. The van der Waals surface area contributed by atoms with E-state index in [-0.39, 0.29) is 12.0 Å². The molecule has 4 aromatic heterocycles. The molecule has 3 atom stereocenters. The topological polar surface area (TPSA) is 112 Å². The maximum absolute atomic E-state index is 13.3. The number of hydrogen-bond donors (Lipinski definition) is 3. The molecule has 0 saturated heterocycles. The zero-order valence-electron chi connectivity index (χ0n) is 16.1. The number of anilines is 2. The van der Waals surface area contributed by atoms with Crippen molar-refractivity contribution in [3.05, 3.63) is 48.0 Å². The van der Waals surface area contributed by atoms with Gasteiger partial charge in [-0.15, -0.1) is 0 Å². The van der Waals surface area contributed by atoms with Crippen LogP contribution in [0.3, 0.4) is 0 Å². The first-order chi connectivity index (χ1) is 14.0. The maximum Gasteiger partial charge on any atom is 0.227 e. The van der Waals surface area contributed by atoms with Crippen molar-refractivity contribution in [2.24, 2.45) is 0 Å². The smallest absolute Gasteiger partial charge is 0.227 e. The summed E-state index contributed by atoms with van der Waals surface area (Å²) in [4.78, 5) is 18.7. The summed E-state index contributed by atoms with van der Waals surface area (Å²) in [5.74, 6) is 0.736. The monoisotopic (exact) mass is 392 g/mol. The summed E-state index contributed by atoms with van der Waals surface area (Å²) in [7, 11) is 1.91. The highest BCUT2D eigenvalue weighted by molar-refractivity contribution is 5.75. The van der Waals surface area contributed by atoms with Crippen molar-refractivity contribution in [1.29, 1.82) is 0 Å². The van der Waals surface area contributed by atoms with Crippen molar-refractivity contribution < 1.29 is 4.39 Å². The number of pyridine rings is 1. The molecule has 8 nitrogen and oxygen atoms in total. The van der Waals surface area contributed by atoms with Crippen LogP contribution in [0.1, 0.15) is 36.7 Å². The first-order valence-corrected chi connectivity index (χ1v) is 9.50. The summed E-state index contributed by atoms with van der Waals surface area (Å²) in [6.45, 7) is 2.04. The van der Waals surface area contributed by atoms with Crippen LogP contribution in [0.15, 0.2) is 36.7 Å². The molecule has 4 N–H and O–H groups in total. The quantitative estimate of drug-likeness (QED) is 0.480. The fourth-order valence-electron chi connectivity index (χ4n) is 3.46. The molecule has 0 spiro atoms. The number of nitrogens with two attached hydrogens (primary N) is 1. The van der Waals surface area contributed by atoms with Crippen molar-refractivity contribution in [3.8, 4) is 11.3 Å². The van der Waals surface area contributed by atoms with E-state index in [0.29, 0.717) is 29.4 Å². The number of nitrogens with zero attached hydrogens (tertiary/aromatic N) is 5. The maximum atomic E-state index is 13.3. The molecule has 148 valence electrons. The normalized spacial score (nSPS) is 19.4. The molecule has 0 bridgehead atoms. The molecule has 1 saturated carbocycles. The Labute approximate surface area is 166 Å². The van der Waals surface area contributed by atoms with Gasteiger partial charge in [0.1, 0.15) is 12.0 Å². The number of rotatable bonds is 5. The zero-order chi connectivity index (χ0) is 20.1. The molecule has 1 aliphatic carbocycles. The van der Waals surface area contributed by atoms with E-state index in [2.05, 4.69) is 25.1 Å². The van der Waals surface area contributed by atoms with Gasteiger partial charge in [-0.1, -0.05) is 0 Å². The van der Waals surface area contributed by atoms with Gasteiger partial charge in [-0.25, -0.2) is 14.4 Å². The summed E-state index contributed by atoms with van der Waals surface area (Å²) < 4.78 is 13.3. The second-order valence-electron chi connectivity index (χ2n) is 7.47. The van der Waals surface area contributed by atoms with Crippen LogP contribution in [0.5, 0.6) is 0 Å². The molecular weight excluding hydrogens is 371 g/mol. The van der Waals surface area contributed by atoms with Crippen LogP contribution in [-0.2, 0) is 0 Å². The molecule has 1 fully saturated rings. The van der Waals surface area contributed by atoms with Crippen LogP contribution in [0.2, 0.25) is 0 Å². The van der Waals surface area contributed by atoms with E-state index in [1.54, 1.807) is 6.20 Å². The third-order valence-corrected chi connectivity index (χ3v) is 5.54. The Morgan fingerprint density at radius 2 is 2.10 bits per heavy atom. The van der Waals surface area contributed by atoms with Crippen molar-refractivity contribution >= 4 is 22.8 Å². The Morgan fingerprint density at radius 1 is 1.28 bits per heavy atom. The fourth-order valence-corrected chi connectivity index (χ4v) is 3.46. The van der Waals surface area contributed by atoms with Gasteiger partial charge in [0.05, 0.1) is 34.0 Å². The molecule has 5 rings (SSSR count). The van der Waals surface area contributed by atoms with Gasteiger partial charge < -0.3 is 15.6 Å². The molecule has 0 radical (unpaired) electrons. The van der Waals surface area contributed by atoms with E-state index >= 15 is 0 Å². The number of fused-ring (bicyclic) bond motifs is 1. The highest BCUT2D eigenvalue weighted by Gasteiger charge is 2.40. The summed E-state index contributed by atoms with van der Waals surface area (Å²) >= 11 is 0. The van der Waals surface area contributed by atoms with Crippen molar-refractivity contribution in [3.63, 3.8) is 0 Å². The molecule has 4 heterocycles. The Kier molecular flexibility index (Phi) is 3.97. The Bertz CT molecular complexity index is 1180. The van der Waals surface area contributed by atoms with Crippen molar-refractivity contribution in [1.82, 2.24) is 30.1 Å². The van der Waals surface area contributed by atoms with Crippen LogP contribution in [0.4, 0.5) is 16.2 Å². The molecular formula is C20H21FN8. The highest BCUT2D eigenvalue weighted by Crippen LogP contribution is 2.43. The van der Waals surface area contributed by atoms with Crippen molar-refractivity contribution in [2.75, 3.05) is 17.7 Å². The summed E-state index contributed by atoms with van der Waals surface area (Å²) in [5, 5.41) is 7.14. The van der Waals surface area contributed by atoms with Gasteiger partial charge in [0.15, 0.2) is 0 Å². The Morgan fingerprint density at radius 3 is 2.86 bits per heavy atom. The first-order valence-electron chi connectivity index (χ1n) is 9.50. The number of alkyl halides is 1. The van der Waals surface area contributed by atoms with Gasteiger partial charge in [-0.05, 0) is 37.6 Å². The van der Waals surface area contributed by atoms with Gasteiger partial charge in [0.2, 0.25) is 5.95 Å². The second kappa shape index (κ2) is 6.54. The minimum Gasteiger partial charge on any atom is -0.383 e. The van der Waals surface area contributed by atoms with Gasteiger partial charge in [-0.3, -0.25) is 5.10 Å². The van der Waals surface area contributed by atoms with Gasteiger partial charge in [0.25, 0.3) is 0 Å². The van der Waals surface area contributed by atoms with Crippen LogP contribution in [0, 0.1) is 0 Å². The number of hydrogen-bond acceptors (Lipinski definition) is 6. The van der Waals surface area contributed by atoms with Crippen LogP contribution in [-0.4, -0.2) is 43.4 Å². The predicted octanol–water partition coefficient (Wildman–Crippen LogP) is 3.35. The third kappa shape index (κ3) is 3.08. The summed E-state index contributed by atoms with van der Waals surface area (Å²) in [6, 6.07) is 7.71. The zero-order valence-corrected chi connectivity index (χ0v) is 16.1. The summed E-state index contributed by atoms with van der Waals surface area (Å²) in [6.07, 6.45) is 3.28. The van der Waals surface area contributed by atoms with Crippen molar-refractivity contribution in [2.45, 2.75) is 31.5 Å². The SMILES string of the molecule is C[C@@H](c1ccc2[nH]ccc2n1)N(C)c1ncc(-c2cc([C@H]3C[C@H]3F)[nH]n2)c(N)n1. The molecule has 9 heteroatoms. The lowest BCUT2D eigenvalue weighted by molar-refractivity contribution is 0.466. The molecule has 29 heavy (non-hydrogen) atoms. The van der Waals surface area contributed by atoms with Crippen LogP contribution < -0.4 is 10.6 Å².